The zero-order valence-corrected chi connectivity index (χ0v) is 14.8. The topological polar surface area (TPSA) is 36.9 Å². The lowest BCUT2D eigenvalue weighted by Gasteiger charge is -2.22. The Balaban J connectivity index is 2.66. The van der Waals surface area contributed by atoms with Crippen LogP contribution >= 0.6 is 6.72 Å². The van der Waals surface area contributed by atoms with Crippen molar-refractivity contribution in [2.45, 2.75) is 40.0 Å². The maximum absolute atomic E-state index is 5.79. The molecule has 120 valence electrons. The Bertz CT molecular complexity index is 424. The second kappa shape index (κ2) is 10.2. The Morgan fingerprint density at radius 2 is 1.29 bits per heavy atom. The van der Waals surface area contributed by atoms with Crippen LogP contribution in [0.5, 0.6) is 11.5 Å². The van der Waals surface area contributed by atoms with Crippen LogP contribution in [0, 0.1) is 0 Å². The first kappa shape index (κ1) is 18.4. The maximum atomic E-state index is 5.79. The van der Waals surface area contributed by atoms with Crippen molar-refractivity contribution in [3.05, 3.63) is 24.3 Å². The molecule has 0 bridgehead atoms. The molecule has 0 aromatic heterocycles. The minimum atomic E-state index is -2.72. The molecular formula is C15H25O4PS. The monoisotopic (exact) mass is 332 g/mol. The van der Waals surface area contributed by atoms with Crippen molar-refractivity contribution in [1.29, 1.82) is 0 Å². The van der Waals surface area contributed by atoms with Gasteiger partial charge in [-0.1, -0.05) is 20.8 Å². The lowest BCUT2D eigenvalue weighted by Crippen LogP contribution is -2.04. The molecule has 1 aromatic rings. The molecule has 0 aliphatic rings. The van der Waals surface area contributed by atoms with Crippen LogP contribution in [0.25, 0.3) is 0 Å². The van der Waals surface area contributed by atoms with E-state index in [-0.39, 0.29) is 0 Å². The van der Waals surface area contributed by atoms with Crippen molar-refractivity contribution in [3.63, 3.8) is 0 Å². The molecule has 0 spiro atoms. The summed E-state index contributed by atoms with van der Waals surface area (Å²) in [6.07, 6.45) is 2.73. The van der Waals surface area contributed by atoms with Crippen molar-refractivity contribution >= 4 is 18.5 Å². The van der Waals surface area contributed by atoms with Crippen LogP contribution < -0.4 is 9.26 Å². The van der Waals surface area contributed by atoms with E-state index in [9.17, 15) is 0 Å². The number of benzene rings is 1. The summed E-state index contributed by atoms with van der Waals surface area (Å²) in [7, 11) is 0. The summed E-state index contributed by atoms with van der Waals surface area (Å²) in [5.41, 5.74) is 0. The summed E-state index contributed by atoms with van der Waals surface area (Å²) in [5, 5.41) is 0. The van der Waals surface area contributed by atoms with Crippen molar-refractivity contribution in [1.82, 2.24) is 0 Å². The Morgan fingerprint density at radius 3 is 1.76 bits per heavy atom. The fourth-order valence-electron chi connectivity index (χ4n) is 1.44. The van der Waals surface area contributed by atoms with Gasteiger partial charge in [0.25, 0.3) is 0 Å². The first-order chi connectivity index (χ1) is 10.1. The third-order valence-corrected chi connectivity index (χ3v) is 4.71. The summed E-state index contributed by atoms with van der Waals surface area (Å²) in [5.74, 6) is 1.47. The largest absolute Gasteiger partial charge is 0.494 e. The average Bonchev–Trinajstić information content (AvgIpc) is 2.50. The van der Waals surface area contributed by atoms with Gasteiger partial charge in [0.2, 0.25) is 0 Å². The van der Waals surface area contributed by atoms with E-state index in [1.165, 1.54) is 0 Å². The molecule has 0 unspecified atom stereocenters. The predicted molar refractivity (Wildman–Crippen MR) is 89.6 cm³/mol. The normalized spacial score (nSPS) is 11.4. The first-order valence-electron chi connectivity index (χ1n) is 7.45. The predicted octanol–water partition coefficient (Wildman–Crippen LogP) is 4.93. The molecule has 0 saturated heterocycles. The van der Waals surface area contributed by atoms with E-state index in [1.807, 2.05) is 38.1 Å². The Kier molecular flexibility index (Phi) is 8.93. The Labute approximate surface area is 133 Å². The highest BCUT2D eigenvalue weighted by Crippen LogP contribution is 2.50. The SMILES string of the molecule is CCCOc1ccc(OP(=S)(OCCC)OCCC)cc1. The van der Waals surface area contributed by atoms with E-state index in [2.05, 4.69) is 6.92 Å². The average molecular weight is 332 g/mol. The molecule has 0 fully saturated rings. The molecule has 21 heavy (non-hydrogen) atoms. The summed E-state index contributed by atoms with van der Waals surface area (Å²) in [4.78, 5) is 0. The van der Waals surface area contributed by atoms with E-state index >= 15 is 0 Å². The summed E-state index contributed by atoms with van der Waals surface area (Å²) < 4.78 is 22.6. The van der Waals surface area contributed by atoms with E-state index in [0.717, 1.165) is 25.0 Å². The van der Waals surface area contributed by atoms with Gasteiger partial charge in [-0.3, -0.25) is 9.05 Å². The summed E-state index contributed by atoms with van der Waals surface area (Å²) in [6.45, 7) is 5.20. The highest BCUT2D eigenvalue weighted by molar-refractivity contribution is 8.07. The molecule has 4 nitrogen and oxygen atoms in total. The minimum Gasteiger partial charge on any atom is -0.494 e. The van der Waals surface area contributed by atoms with Crippen molar-refractivity contribution < 1.29 is 18.3 Å². The molecule has 0 N–H and O–H groups in total. The molecule has 0 aliphatic heterocycles. The van der Waals surface area contributed by atoms with Gasteiger partial charge < -0.3 is 9.26 Å². The molecule has 6 heteroatoms. The third kappa shape index (κ3) is 7.28. The van der Waals surface area contributed by atoms with Crippen LogP contribution in [0.4, 0.5) is 0 Å². The van der Waals surface area contributed by atoms with Gasteiger partial charge in [-0.25, -0.2) is 0 Å². The molecule has 1 aromatic carbocycles. The van der Waals surface area contributed by atoms with Crippen LogP contribution in [0.3, 0.4) is 0 Å². The highest BCUT2D eigenvalue weighted by atomic mass is 32.5. The molecule has 1 rings (SSSR count). The van der Waals surface area contributed by atoms with Gasteiger partial charge in [-0.15, -0.1) is 0 Å². The number of hydrogen-bond donors (Lipinski definition) is 0. The Hall–Kier alpha value is -0.610. The van der Waals surface area contributed by atoms with Gasteiger partial charge in [0.05, 0.1) is 19.8 Å². The van der Waals surface area contributed by atoms with E-state index in [1.54, 1.807) is 0 Å². The van der Waals surface area contributed by atoms with Gasteiger partial charge in [-0.05, 0) is 43.5 Å². The number of rotatable bonds is 11. The summed E-state index contributed by atoms with van der Waals surface area (Å²) >= 11 is 5.43. The molecule has 0 atom stereocenters. The zero-order chi connectivity index (χ0) is 15.6. The molecular weight excluding hydrogens is 307 g/mol. The van der Waals surface area contributed by atoms with Gasteiger partial charge in [0.1, 0.15) is 11.5 Å². The lowest BCUT2D eigenvalue weighted by molar-refractivity contribution is 0.202. The minimum absolute atomic E-state index is 0.540. The molecule has 0 amide bonds. The van der Waals surface area contributed by atoms with Gasteiger partial charge in [0, 0.05) is 11.8 Å². The number of ether oxygens (including phenoxy) is 1. The second-order valence-corrected chi connectivity index (χ2v) is 7.46. The van der Waals surface area contributed by atoms with Crippen LogP contribution in [-0.2, 0) is 20.9 Å². The fraction of sp³-hybridized carbons (Fsp3) is 0.600. The van der Waals surface area contributed by atoms with Gasteiger partial charge >= 0.3 is 6.72 Å². The van der Waals surface area contributed by atoms with Gasteiger partial charge in [0.15, 0.2) is 0 Å². The zero-order valence-electron chi connectivity index (χ0n) is 13.0. The van der Waals surface area contributed by atoms with E-state index < -0.39 is 6.72 Å². The standard InChI is InChI=1S/C15H25O4PS/c1-4-11-16-14-7-9-15(10-8-14)19-20(21,17-12-5-2)18-13-6-3/h7-10H,4-6,11-13H2,1-3H3. The molecule has 0 heterocycles. The van der Waals surface area contributed by atoms with Crippen LogP contribution in [-0.4, -0.2) is 19.8 Å². The van der Waals surface area contributed by atoms with Gasteiger partial charge in [-0.2, -0.15) is 0 Å². The smallest absolute Gasteiger partial charge is 0.380 e. The lowest BCUT2D eigenvalue weighted by atomic mass is 10.3. The van der Waals surface area contributed by atoms with Crippen LogP contribution in [0.2, 0.25) is 0 Å². The first-order valence-corrected chi connectivity index (χ1v) is 10.0. The molecule has 0 aliphatic carbocycles. The van der Waals surface area contributed by atoms with E-state index in [0.29, 0.717) is 25.6 Å². The quantitative estimate of drug-likeness (QED) is 0.537. The molecule has 0 saturated carbocycles. The van der Waals surface area contributed by atoms with Crippen molar-refractivity contribution in [2.24, 2.45) is 0 Å². The van der Waals surface area contributed by atoms with Crippen LogP contribution in [0.15, 0.2) is 24.3 Å². The van der Waals surface area contributed by atoms with Crippen molar-refractivity contribution in [2.75, 3.05) is 19.8 Å². The van der Waals surface area contributed by atoms with E-state index in [4.69, 9.17) is 30.1 Å². The maximum Gasteiger partial charge on any atom is 0.380 e. The van der Waals surface area contributed by atoms with Crippen molar-refractivity contribution in [3.8, 4) is 11.5 Å². The number of hydrogen-bond acceptors (Lipinski definition) is 5. The van der Waals surface area contributed by atoms with Crippen LogP contribution in [0.1, 0.15) is 40.0 Å². The second-order valence-electron chi connectivity index (χ2n) is 4.52. The summed E-state index contributed by atoms with van der Waals surface area (Å²) in [6, 6.07) is 7.39. The third-order valence-electron chi connectivity index (χ3n) is 2.42. The Morgan fingerprint density at radius 1 is 0.810 bits per heavy atom. The highest BCUT2D eigenvalue weighted by Gasteiger charge is 2.22. The fourth-order valence-corrected chi connectivity index (χ4v) is 3.52. The molecule has 0 radical (unpaired) electrons.